The first-order valence-electron chi connectivity index (χ1n) is 10.9. The molecule has 7 heteroatoms. The van der Waals surface area contributed by atoms with Crippen LogP contribution in [0.1, 0.15) is 33.7 Å². The summed E-state index contributed by atoms with van der Waals surface area (Å²) >= 11 is 0. The van der Waals surface area contributed by atoms with E-state index in [9.17, 15) is 4.79 Å². The lowest BCUT2D eigenvalue weighted by atomic mass is 9.70. The molecule has 3 N–H and O–H groups in total. The fourth-order valence-electron chi connectivity index (χ4n) is 4.67. The van der Waals surface area contributed by atoms with E-state index in [2.05, 4.69) is 38.1 Å². The Morgan fingerprint density at radius 1 is 1.12 bits per heavy atom. The fraction of sp³-hybridized carbons (Fsp3) is 0.280. The Morgan fingerprint density at radius 3 is 2.59 bits per heavy atom. The zero-order chi connectivity index (χ0) is 22.3. The normalized spacial score (nSPS) is 15.8. The van der Waals surface area contributed by atoms with Gasteiger partial charge in [0.25, 0.3) is 0 Å². The number of ketones is 1. The summed E-state index contributed by atoms with van der Waals surface area (Å²) in [6.45, 7) is 5.17. The van der Waals surface area contributed by atoms with E-state index in [1.54, 1.807) is 13.1 Å². The maximum absolute atomic E-state index is 12.7. The third-order valence-corrected chi connectivity index (χ3v) is 6.59. The fourth-order valence-corrected chi connectivity index (χ4v) is 4.67. The van der Waals surface area contributed by atoms with Gasteiger partial charge in [0.2, 0.25) is 0 Å². The van der Waals surface area contributed by atoms with Gasteiger partial charge in [-0.3, -0.25) is 4.79 Å². The minimum absolute atomic E-state index is 0. The summed E-state index contributed by atoms with van der Waals surface area (Å²) < 4.78 is 0. The van der Waals surface area contributed by atoms with E-state index < -0.39 is 5.41 Å². The smallest absolute Gasteiger partial charge is 0.161 e. The van der Waals surface area contributed by atoms with Crippen LogP contribution in [0, 0.1) is 6.92 Å². The van der Waals surface area contributed by atoms with Crippen molar-refractivity contribution in [2.24, 2.45) is 0 Å². The molecule has 2 aromatic heterocycles. The molecular weight excluding hydrogens is 400 g/mol. The second kappa shape index (κ2) is 7.75. The number of hydrogen-bond acceptors (Lipinski definition) is 6. The van der Waals surface area contributed by atoms with E-state index in [0.717, 1.165) is 40.8 Å². The van der Waals surface area contributed by atoms with Crippen LogP contribution in [0.5, 0.6) is 0 Å². The second-order valence-electron chi connectivity index (χ2n) is 8.56. The molecule has 0 amide bonds. The predicted octanol–water partition coefficient (Wildman–Crippen LogP) is 4.53. The number of imidazole rings is 1. The predicted molar refractivity (Wildman–Crippen MR) is 131 cm³/mol. The van der Waals surface area contributed by atoms with Gasteiger partial charge in [-0.1, -0.05) is 36.4 Å². The molecule has 3 heterocycles. The number of carbonyl (C=O) groups is 1. The average Bonchev–Trinajstić information content (AvgIpc) is 3.23. The van der Waals surface area contributed by atoms with Crippen LogP contribution in [0.2, 0.25) is 0 Å². The molecule has 1 aliphatic heterocycles. The van der Waals surface area contributed by atoms with Gasteiger partial charge in [0, 0.05) is 15.9 Å². The highest BCUT2D eigenvalue weighted by Gasteiger charge is 2.40. The van der Waals surface area contributed by atoms with Crippen LogP contribution < -0.4 is 10.6 Å². The number of H-pyrrole nitrogens is 1. The van der Waals surface area contributed by atoms with Crippen LogP contribution >= 0.6 is 0 Å². The van der Waals surface area contributed by atoms with Crippen LogP contribution in [0.4, 0.5) is 11.6 Å². The topological polar surface area (TPSA) is 101 Å². The monoisotopic (exact) mass is 430 g/mol. The summed E-state index contributed by atoms with van der Waals surface area (Å²) in [5, 5.41) is 0. The number of nitrogen functional groups attached to an aromatic ring is 1. The Balaban J connectivity index is 0.00000162. The molecule has 0 aliphatic carbocycles. The number of rotatable bonds is 4. The van der Waals surface area contributed by atoms with Crippen molar-refractivity contribution in [1.82, 2.24) is 19.9 Å². The van der Waals surface area contributed by atoms with Gasteiger partial charge in [-0.25, -0.2) is 15.0 Å². The SMILES string of the molecule is CC(=O)C1(c2ccccc2)CCN(c2cnc(N)c(-c3nc4ccc(C)cc4[nH]3)n2)CC1.[HH].[HH]. The third-order valence-electron chi connectivity index (χ3n) is 6.59. The van der Waals surface area contributed by atoms with Crippen LogP contribution in [0.3, 0.4) is 0 Å². The minimum Gasteiger partial charge on any atom is -0.382 e. The number of aromatic amines is 1. The summed E-state index contributed by atoms with van der Waals surface area (Å²) in [6, 6.07) is 16.2. The molecule has 4 aromatic rings. The maximum Gasteiger partial charge on any atom is 0.161 e. The van der Waals surface area contributed by atoms with Crippen molar-refractivity contribution in [1.29, 1.82) is 0 Å². The van der Waals surface area contributed by atoms with E-state index in [4.69, 9.17) is 10.7 Å². The van der Waals surface area contributed by atoms with Gasteiger partial charge in [-0.2, -0.15) is 0 Å². The Morgan fingerprint density at radius 2 is 1.88 bits per heavy atom. The highest BCUT2D eigenvalue weighted by atomic mass is 16.1. The number of nitrogens with zero attached hydrogens (tertiary/aromatic N) is 4. The molecule has 1 fully saturated rings. The van der Waals surface area contributed by atoms with Crippen molar-refractivity contribution < 1.29 is 7.65 Å². The van der Waals surface area contributed by atoms with E-state index in [1.165, 1.54) is 0 Å². The van der Waals surface area contributed by atoms with Gasteiger partial charge < -0.3 is 15.6 Å². The summed E-state index contributed by atoms with van der Waals surface area (Å²) in [6.07, 6.45) is 3.17. The van der Waals surface area contributed by atoms with Crippen LogP contribution in [-0.4, -0.2) is 38.8 Å². The number of anilines is 2. The van der Waals surface area contributed by atoms with Gasteiger partial charge in [0.15, 0.2) is 17.3 Å². The van der Waals surface area contributed by atoms with Gasteiger partial charge in [0.05, 0.1) is 22.6 Å². The van der Waals surface area contributed by atoms with Crippen molar-refractivity contribution in [2.45, 2.75) is 32.1 Å². The molecule has 0 atom stereocenters. The molecule has 1 aliphatic rings. The highest BCUT2D eigenvalue weighted by Crippen LogP contribution is 2.38. The second-order valence-corrected chi connectivity index (χ2v) is 8.56. The number of Topliss-reactive ketones (excluding diaryl/α,β-unsaturated/α-hetero) is 1. The van der Waals surface area contributed by atoms with Crippen molar-refractivity contribution in [3.63, 3.8) is 0 Å². The lowest BCUT2D eigenvalue weighted by Crippen LogP contribution is -2.47. The number of fused-ring (bicyclic) bond motifs is 1. The highest BCUT2D eigenvalue weighted by molar-refractivity contribution is 5.88. The van der Waals surface area contributed by atoms with Crippen LogP contribution in [0.15, 0.2) is 54.7 Å². The number of piperidine rings is 1. The lowest BCUT2D eigenvalue weighted by Gasteiger charge is -2.41. The molecule has 0 saturated carbocycles. The molecule has 5 rings (SSSR count). The molecular formula is C25H30N6O. The molecule has 32 heavy (non-hydrogen) atoms. The molecule has 0 radical (unpaired) electrons. The van der Waals surface area contributed by atoms with Gasteiger partial charge in [0.1, 0.15) is 11.6 Å². The number of nitrogens with two attached hydrogens (primary N) is 1. The minimum atomic E-state index is -0.446. The van der Waals surface area contributed by atoms with Crippen LogP contribution in [-0.2, 0) is 10.2 Å². The van der Waals surface area contributed by atoms with Gasteiger partial charge >= 0.3 is 0 Å². The van der Waals surface area contributed by atoms with Crippen molar-refractivity contribution in [2.75, 3.05) is 23.7 Å². The van der Waals surface area contributed by atoms with E-state index in [0.29, 0.717) is 30.4 Å². The molecule has 7 nitrogen and oxygen atoms in total. The number of benzene rings is 2. The summed E-state index contributed by atoms with van der Waals surface area (Å²) in [4.78, 5) is 32.0. The van der Waals surface area contributed by atoms with E-state index >= 15 is 0 Å². The first-order valence-corrected chi connectivity index (χ1v) is 10.9. The molecule has 0 bridgehead atoms. The first-order chi connectivity index (χ1) is 15.5. The van der Waals surface area contributed by atoms with Crippen molar-refractivity contribution >= 4 is 28.5 Å². The number of carbonyl (C=O) groups excluding carboxylic acids is 1. The molecule has 2 aromatic carbocycles. The third kappa shape index (κ3) is 3.39. The molecule has 0 spiro atoms. The summed E-state index contributed by atoms with van der Waals surface area (Å²) in [5.74, 6) is 1.90. The van der Waals surface area contributed by atoms with Gasteiger partial charge in [-0.15, -0.1) is 0 Å². The Labute approximate surface area is 189 Å². The number of aryl methyl sites for hydroxylation is 1. The molecule has 0 unspecified atom stereocenters. The molecule has 1 saturated heterocycles. The van der Waals surface area contributed by atoms with Gasteiger partial charge in [-0.05, 0) is 49.9 Å². The van der Waals surface area contributed by atoms with Crippen molar-refractivity contribution in [3.05, 3.63) is 65.9 Å². The first kappa shape index (κ1) is 20.2. The maximum atomic E-state index is 12.7. The lowest BCUT2D eigenvalue weighted by molar-refractivity contribution is -0.123. The van der Waals surface area contributed by atoms with E-state index in [-0.39, 0.29) is 8.64 Å². The van der Waals surface area contributed by atoms with Crippen LogP contribution in [0.25, 0.3) is 22.6 Å². The quantitative estimate of drug-likeness (QED) is 0.493. The Hall–Kier alpha value is -3.74. The van der Waals surface area contributed by atoms with E-state index in [1.807, 2.05) is 37.3 Å². The Kier molecular flexibility index (Phi) is 4.89. The number of nitrogens with one attached hydrogen (secondary N) is 1. The average molecular weight is 431 g/mol. The number of aromatic nitrogens is 4. The number of hydrogen-bond donors (Lipinski definition) is 2. The van der Waals surface area contributed by atoms with Crippen molar-refractivity contribution in [3.8, 4) is 11.5 Å². The zero-order valence-electron chi connectivity index (χ0n) is 18.3. The zero-order valence-corrected chi connectivity index (χ0v) is 18.3. The Bertz CT molecular complexity index is 1300. The summed E-state index contributed by atoms with van der Waals surface area (Å²) in [5.41, 5.74) is 10.3. The standard InChI is InChI=1S/C25H26N6O.2H2/c1-16-8-9-19-20(14-16)29-24(28-19)22-23(26)27-15-21(30-22)31-12-10-25(11-13-31,17(2)32)18-6-4-3-5-7-18;;/h3-9,14-15H,10-13H2,1-2H3,(H2,26,27)(H,28,29);2*1H. The largest absolute Gasteiger partial charge is 0.382 e. The molecule has 166 valence electrons. The summed E-state index contributed by atoms with van der Waals surface area (Å²) in [7, 11) is 0.